The van der Waals surface area contributed by atoms with Gasteiger partial charge in [-0.2, -0.15) is 5.10 Å². The first-order valence-corrected chi connectivity index (χ1v) is 3.69. The van der Waals surface area contributed by atoms with Crippen molar-refractivity contribution in [3.63, 3.8) is 0 Å². The van der Waals surface area contributed by atoms with Crippen molar-refractivity contribution < 1.29 is 0 Å². The predicted molar refractivity (Wildman–Crippen MR) is 40.8 cm³/mol. The van der Waals surface area contributed by atoms with Crippen LogP contribution >= 0.6 is 0 Å². The molecule has 10 heavy (non-hydrogen) atoms. The zero-order chi connectivity index (χ0) is 7.56. The monoisotopic (exact) mass is 137 g/mol. The smallest absolute Gasteiger partial charge is 0.113 e. The molecule has 1 aromatic heterocycles. The van der Waals surface area contributed by atoms with Gasteiger partial charge in [0.25, 0.3) is 0 Å². The maximum Gasteiger partial charge on any atom is 0.113 e. The van der Waals surface area contributed by atoms with Crippen LogP contribution in [0.4, 0.5) is 0 Å². The van der Waals surface area contributed by atoms with Crippen LogP contribution in [0.25, 0.3) is 0 Å². The minimum atomic E-state index is 0.554. The number of rotatable bonds is 2. The van der Waals surface area contributed by atoms with E-state index in [2.05, 4.69) is 32.1 Å². The summed E-state index contributed by atoms with van der Waals surface area (Å²) in [4.78, 5) is 0. The number of hydrogen-bond donors (Lipinski definition) is 0. The largest absolute Gasteiger partial charge is 0.269 e. The van der Waals surface area contributed by atoms with Crippen molar-refractivity contribution in [2.24, 2.45) is 0 Å². The standard InChI is InChI=1S/C8H13N2/c1-4-10-8(7(2)3)5-6-9-10/h5,7H,4H2,1-3H3. The molecule has 55 valence electrons. The van der Waals surface area contributed by atoms with Gasteiger partial charge in [-0.25, -0.2) is 0 Å². The number of nitrogens with zero attached hydrogens (tertiary/aromatic N) is 2. The van der Waals surface area contributed by atoms with Gasteiger partial charge in [0.15, 0.2) is 0 Å². The van der Waals surface area contributed by atoms with Crippen LogP contribution in [0.1, 0.15) is 32.4 Å². The van der Waals surface area contributed by atoms with E-state index in [0.717, 1.165) is 6.54 Å². The Kier molecular flexibility index (Phi) is 2.10. The summed E-state index contributed by atoms with van der Waals surface area (Å²) in [6.45, 7) is 7.36. The van der Waals surface area contributed by atoms with E-state index in [0.29, 0.717) is 5.92 Å². The number of aryl methyl sites for hydroxylation is 1. The molecule has 0 N–H and O–H groups in total. The van der Waals surface area contributed by atoms with Crippen molar-refractivity contribution in [3.8, 4) is 0 Å². The summed E-state index contributed by atoms with van der Waals surface area (Å²) in [5.41, 5.74) is 1.27. The summed E-state index contributed by atoms with van der Waals surface area (Å²) in [5, 5.41) is 4.05. The van der Waals surface area contributed by atoms with Crippen molar-refractivity contribution in [2.45, 2.75) is 33.2 Å². The fourth-order valence-corrected chi connectivity index (χ4v) is 1.01. The average molecular weight is 137 g/mol. The molecule has 0 aliphatic carbocycles. The molecule has 1 rings (SSSR count). The second-order valence-electron chi connectivity index (χ2n) is 2.67. The zero-order valence-corrected chi connectivity index (χ0v) is 6.76. The maximum absolute atomic E-state index is 4.05. The van der Waals surface area contributed by atoms with E-state index in [1.807, 2.05) is 10.7 Å². The van der Waals surface area contributed by atoms with Crippen LogP contribution in [0.5, 0.6) is 0 Å². The minimum absolute atomic E-state index is 0.554. The lowest BCUT2D eigenvalue weighted by atomic mass is 10.1. The SMILES string of the molecule is CCn1n[c]cc1C(C)C. The molecular formula is C8H13N2. The van der Waals surface area contributed by atoms with Crippen LogP contribution in [-0.2, 0) is 6.54 Å². The molecule has 0 aliphatic heterocycles. The second kappa shape index (κ2) is 2.86. The number of aromatic nitrogens is 2. The van der Waals surface area contributed by atoms with Gasteiger partial charge in [0.1, 0.15) is 6.20 Å². The normalized spacial score (nSPS) is 10.8. The van der Waals surface area contributed by atoms with Gasteiger partial charge in [-0.15, -0.1) is 0 Å². The number of hydrogen-bond acceptors (Lipinski definition) is 1. The molecule has 1 heterocycles. The fourth-order valence-electron chi connectivity index (χ4n) is 1.01. The van der Waals surface area contributed by atoms with Crippen LogP contribution in [-0.4, -0.2) is 9.78 Å². The molecule has 0 saturated heterocycles. The molecule has 1 radical (unpaired) electrons. The maximum atomic E-state index is 4.05. The Hall–Kier alpha value is -0.790. The van der Waals surface area contributed by atoms with Crippen molar-refractivity contribution in [1.82, 2.24) is 9.78 Å². The highest BCUT2D eigenvalue weighted by molar-refractivity contribution is 5.04. The van der Waals surface area contributed by atoms with E-state index < -0.39 is 0 Å². The quantitative estimate of drug-likeness (QED) is 0.608. The Bertz CT molecular complexity index is 201. The topological polar surface area (TPSA) is 17.8 Å². The van der Waals surface area contributed by atoms with E-state index in [1.54, 1.807) is 0 Å². The average Bonchev–Trinajstić information content (AvgIpc) is 2.33. The van der Waals surface area contributed by atoms with Gasteiger partial charge in [-0.05, 0) is 18.9 Å². The lowest BCUT2D eigenvalue weighted by Gasteiger charge is -2.06. The van der Waals surface area contributed by atoms with Crippen molar-refractivity contribution in [2.75, 3.05) is 0 Å². The van der Waals surface area contributed by atoms with Crippen LogP contribution in [0.3, 0.4) is 0 Å². The molecule has 2 heteroatoms. The van der Waals surface area contributed by atoms with Crippen molar-refractivity contribution >= 4 is 0 Å². The third kappa shape index (κ3) is 1.20. The first kappa shape index (κ1) is 7.32. The summed E-state index contributed by atoms with van der Waals surface area (Å²) >= 11 is 0. The van der Waals surface area contributed by atoms with Crippen LogP contribution in [0, 0.1) is 6.20 Å². The molecule has 0 fully saturated rings. The highest BCUT2D eigenvalue weighted by Gasteiger charge is 2.03. The third-order valence-electron chi connectivity index (χ3n) is 1.58. The Labute approximate surface area is 61.9 Å². The molecular weight excluding hydrogens is 124 g/mol. The van der Waals surface area contributed by atoms with E-state index >= 15 is 0 Å². The summed E-state index contributed by atoms with van der Waals surface area (Å²) in [5.74, 6) is 0.554. The molecule has 0 atom stereocenters. The Balaban J connectivity index is 2.90. The molecule has 0 amide bonds. The molecule has 0 aliphatic rings. The van der Waals surface area contributed by atoms with E-state index in [-0.39, 0.29) is 0 Å². The lowest BCUT2D eigenvalue weighted by molar-refractivity contribution is 0.597. The van der Waals surface area contributed by atoms with Crippen LogP contribution < -0.4 is 0 Å². The Morgan fingerprint density at radius 1 is 1.70 bits per heavy atom. The lowest BCUT2D eigenvalue weighted by Crippen LogP contribution is -2.03. The minimum Gasteiger partial charge on any atom is -0.269 e. The first-order chi connectivity index (χ1) is 4.75. The van der Waals surface area contributed by atoms with E-state index in [4.69, 9.17) is 0 Å². The molecule has 0 aromatic carbocycles. The predicted octanol–water partition coefficient (Wildman–Crippen LogP) is 1.83. The molecule has 2 nitrogen and oxygen atoms in total. The van der Waals surface area contributed by atoms with Gasteiger partial charge in [0.05, 0.1) is 0 Å². The summed E-state index contributed by atoms with van der Waals surface area (Å²) < 4.78 is 1.98. The Morgan fingerprint density at radius 2 is 2.40 bits per heavy atom. The zero-order valence-electron chi connectivity index (χ0n) is 6.76. The van der Waals surface area contributed by atoms with Gasteiger partial charge >= 0.3 is 0 Å². The van der Waals surface area contributed by atoms with Gasteiger partial charge in [0, 0.05) is 12.2 Å². The van der Waals surface area contributed by atoms with E-state index in [1.165, 1.54) is 5.69 Å². The van der Waals surface area contributed by atoms with Gasteiger partial charge in [-0.1, -0.05) is 13.8 Å². The first-order valence-electron chi connectivity index (χ1n) is 3.69. The van der Waals surface area contributed by atoms with Gasteiger partial charge in [0.2, 0.25) is 0 Å². The summed E-state index contributed by atoms with van der Waals surface area (Å²) in [7, 11) is 0. The van der Waals surface area contributed by atoms with Crippen molar-refractivity contribution in [3.05, 3.63) is 18.0 Å². The third-order valence-corrected chi connectivity index (χ3v) is 1.58. The molecule has 0 spiro atoms. The molecule has 1 aromatic rings. The highest BCUT2D eigenvalue weighted by Crippen LogP contribution is 2.11. The molecule has 0 bridgehead atoms. The highest BCUT2D eigenvalue weighted by atomic mass is 15.3. The molecule has 0 unspecified atom stereocenters. The summed E-state index contributed by atoms with van der Waals surface area (Å²) in [6, 6.07) is 1.95. The summed E-state index contributed by atoms with van der Waals surface area (Å²) in [6.07, 6.45) is 2.84. The van der Waals surface area contributed by atoms with E-state index in [9.17, 15) is 0 Å². The Morgan fingerprint density at radius 3 is 2.80 bits per heavy atom. The molecule has 0 saturated carbocycles. The van der Waals surface area contributed by atoms with Crippen molar-refractivity contribution in [1.29, 1.82) is 0 Å². The van der Waals surface area contributed by atoms with Gasteiger partial charge < -0.3 is 0 Å². The fraction of sp³-hybridized carbons (Fsp3) is 0.625. The van der Waals surface area contributed by atoms with Crippen LogP contribution in [0.2, 0.25) is 0 Å². The second-order valence-corrected chi connectivity index (χ2v) is 2.67. The van der Waals surface area contributed by atoms with Gasteiger partial charge in [-0.3, -0.25) is 4.68 Å². The van der Waals surface area contributed by atoms with Crippen LogP contribution in [0.15, 0.2) is 6.07 Å².